The van der Waals surface area contributed by atoms with Crippen molar-refractivity contribution in [3.63, 3.8) is 0 Å². The maximum Gasteiger partial charge on any atom is 0.335 e. The van der Waals surface area contributed by atoms with Crippen molar-refractivity contribution in [2.75, 3.05) is 0 Å². The average Bonchev–Trinajstić information content (AvgIpc) is 3.05. The molecule has 1 aliphatic rings. The lowest BCUT2D eigenvalue weighted by molar-refractivity contribution is -0.384. The first-order valence-electron chi connectivity index (χ1n) is 8.17. The van der Waals surface area contributed by atoms with Gasteiger partial charge in [0.25, 0.3) is 11.2 Å². The highest BCUT2D eigenvalue weighted by atomic mass is 16.6. The average molecular weight is 363 g/mol. The molecule has 2 heterocycles. The summed E-state index contributed by atoms with van der Waals surface area (Å²) in [6, 6.07) is 10.4. The van der Waals surface area contributed by atoms with Gasteiger partial charge in [-0.3, -0.25) is 19.5 Å². The number of benzene rings is 2. The molecule has 1 aliphatic heterocycles. The summed E-state index contributed by atoms with van der Waals surface area (Å²) in [6.07, 6.45) is 2.43. The minimum Gasteiger partial charge on any atom is -0.478 e. The summed E-state index contributed by atoms with van der Waals surface area (Å²) in [5.41, 5.74) is 1.78. The molecule has 0 unspecified atom stereocenters. The second-order valence-corrected chi connectivity index (χ2v) is 6.20. The first-order chi connectivity index (χ1) is 12.9. The minimum absolute atomic E-state index is 0.00510. The Balaban J connectivity index is 1.82. The standard InChI is InChI=1S/C19H13N3O5/c23-18-15-6-3-13(19(24)25)10-16(15)20-17-12(7-8-21(17)18)9-11-1-4-14(5-2-11)22(26)27/h1-6,9-10H,7-8H2,(H,24,25). The lowest BCUT2D eigenvalue weighted by Crippen LogP contribution is -2.20. The summed E-state index contributed by atoms with van der Waals surface area (Å²) in [4.78, 5) is 38.7. The molecule has 0 amide bonds. The number of carboxylic acids is 1. The quantitative estimate of drug-likeness (QED) is 0.565. The van der Waals surface area contributed by atoms with E-state index < -0.39 is 10.9 Å². The monoisotopic (exact) mass is 363 g/mol. The summed E-state index contributed by atoms with van der Waals surface area (Å²) in [5, 5.41) is 20.3. The number of allylic oxidation sites excluding steroid dienone is 1. The Morgan fingerprint density at radius 2 is 1.96 bits per heavy atom. The Morgan fingerprint density at radius 3 is 2.63 bits per heavy atom. The van der Waals surface area contributed by atoms with Crippen LogP contribution in [0.1, 0.15) is 28.2 Å². The van der Waals surface area contributed by atoms with Crippen LogP contribution in [0.25, 0.3) is 22.6 Å². The fraction of sp³-hybridized carbons (Fsp3) is 0.105. The van der Waals surface area contributed by atoms with Gasteiger partial charge in [-0.05, 0) is 54.0 Å². The van der Waals surface area contributed by atoms with Crippen LogP contribution in [0.5, 0.6) is 0 Å². The molecule has 4 rings (SSSR count). The number of nitro benzene ring substituents is 1. The van der Waals surface area contributed by atoms with Crippen molar-refractivity contribution in [3.8, 4) is 0 Å². The number of rotatable bonds is 3. The van der Waals surface area contributed by atoms with Crippen molar-refractivity contribution in [2.24, 2.45) is 0 Å². The van der Waals surface area contributed by atoms with Crippen molar-refractivity contribution in [1.82, 2.24) is 9.55 Å². The molecule has 0 radical (unpaired) electrons. The molecule has 0 atom stereocenters. The summed E-state index contributed by atoms with van der Waals surface area (Å²) in [7, 11) is 0. The highest BCUT2D eigenvalue weighted by Crippen LogP contribution is 2.28. The van der Waals surface area contributed by atoms with Crippen LogP contribution in [0.15, 0.2) is 47.3 Å². The minimum atomic E-state index is -1.08. The number of hydrogen-bond acceptors (Lipinski definition) is 5. The molecular weight excluding hydrogens is 350 g/mol. The van der Waals surface area contributed by atoms with Gasteiger partial charge in [0.2, 0.25) is 0 Å². The third-order valence-corrected chi connectivity index (χ3v) is 4.54. The molecule has 3 aromatic rings. The van der Waals surface area contributed by atoms with Crippen LogP contribution in [0.3, 0.4) is 0 Å². The van der Waals surface area contributed by atoms with E-state index in [1.807, 2.05) is 6.08 Å². The van der Waals surface area contributed by atoms with E-state index in [1.54, 1.807) is 16.7 Å². The Morgan fingerprint density at radius 1 is 1.22 bits per heavy atom. The van der Waals surface area contributed by atoms with E-state index in [0.29, 0.717) is 29.7 Å². The van der Waals surface area contributed by atoms with Crippen molar-refractivity contribution >= 4 is 34.2 Å². The molecule has 2 aromatic carbocycles. The molecule has 0 fully saturated rings. The second kappa shape index (κ2) is 6.17. The molecule has 27 heavy (non-hydrogen) atoms. The van der Waals surface area contributed by atoms with Crippen LogP contribution >= 0.6 is 0 Å². The predicted octanol–water partition coefficient (Wildman–Crippen LogP) is 2.95. The molecule has 1 aromatic heterocycles. The van der Waals surface area contributed by atoms with Gasteiger partial charge in [-0.25, -0.2) is 9.78 Å². The number of nitrogens with zero attached hydrogens (tertiary/aromatic N) is 3. The number of fused-ring (bicyclic) bond motifs is 2. The highest BCUT2D eigenvalue weighted by molar-refractivity contribution is 5.93. The van der Waals surface area contributed by atoms with E-state index in [-0.39, 0.29) is 16.8 Å². The van der Waals surface area contributed by atoms with Gasteiger partial charge in [0.05, 0.1) is 21.4 Å². The SMILES string of the molecule is O=C(O)c1ccc2c(=O)n3c(nc2c1)C(=Cc1ccc([N+](=O)[O-])cc1)CC3. The third-order valence-electron chi connectivity index (χ3n) is 4.54. The van der Waals surface area contributed by atoms with Crippen LogP contribution in [0, 0.1) is 10.1 Å². The molecule has 134 valence electrons. The van der Waals surface area contributed by atoms with Crippen molar-refractivity contribution in [2.45, 2.75) is 13.0 Å². The second-order valence-electron chi connectivity index (χ2n) is 6.20. The van der Waals surface area contributed by atoms with E-state index in [2.05, 4.69) is 4.98 Å². The van der Waals surface area contributed by atoms with Gasteiger partial charge in [-0.2, -0.15) is 0 Å². The van der Waals surface area contributed by atoms with Gasteiger partial charge in [0.1, 0.15) is 5.82 Å². The third kappa shape index (κ3) is 2.86. The van der Waals surface area contributed by atoms with E-state index in [0.717, 1.165) is 11.1 Å². The normalized spacial score (nSPS) is 14.4. The number of hydrogen-bond donors (Lipinski definition) is 1. The first kappa shape index (κ1) is 16.6. The van der Waals surface area contributed by atoms with Crippen LogP contribution < -0.4 is 5.56 Å². The molecule has 0 saturated carbocycles. The number of carboxylic acid groups (broad SMARTS) is 1. The van der Waals surface area contributed by atoms with Gasteiger partial charge in [0, 0.05) is 18.7 Å². The summed E-state index contributed by atoms with van der Waals surface area (Å²) < 4.78 is 1.57. The maximum atomic E-state index is 12.7. The molecule has 0 bridgehead atoms. The summed E-state index contributed by atoms with van der Waals surface area (Å²) >= 11 is 0. The van der Waals surface area contributed by atoms with Gasteiger partial charge in [0.15, 0.2) is 0 Å². The van der Waals surface area contributed by atoms with Crippen molar-refractivity contribution < 1.29 is 14.8 Å². The Labute approximate surface area is 152 Å². The van der Waals surface area contributed by atoms with Crippen LogP contribution in [-0.4, -0.2) is 25.6 Å². The molecule has 8 heteroatoms. The maximum absolute atomic E-state index is 12.7. The zero-order valence-corrected chi connectivity index (χ0v) is 14.0. The molecule has 0 aliphatic carbocycles. The Hall–Kier alpha value is -3.81. The fourth-order valence-corrected chi connectivity index (χ4v) is 3.18. The van der Waals surface area contributed by atoms with E-state index in [9.17, 15) is 19.7 Å². The van der Waals surface area contributed by atoms with E-state index in [1.165, 1.54) is 30.3 Å². The van der Waals surface area contributed by atoms with Gasteiger partial charge < -0.3 is 5.11 Å². The Kier molecular flexibility index (Phi) is 3.80. The zero-order valence-electron chi connectivity index (χ0n) is 14.0. The van der Waals surface area contributed by atoms with Crippen LogP contribution in [0.4, 0.5) is 5.69 Å². The van der Waals surface area contributed by atoms with E-state index >= 15 is 0 Å². The van der Waals surface area contributed by atoms with Gasteiger partial charge in [-0.15, -0.1) is 0 Å². The lowest BCUT2D eigenvalue weighted by Gasteiger charge is -2.06. The van der Waals surface area contributed by atoms with E-state index in [4.69, 9.17) is 5.11 Å². The highest BCUT2D eigenvalue weighted by Gasteiger charge is 2.21. The fourth-order valence-electron chi connectivity index (χ4n) is 3.18. The van der Waals surface area contributed by atoms with Gasteiger partial charge >= 0.3 is 5.97 Å². The molecule has 8 nitrogen and oxygen atoms in total. The molecular formula is C19H13N3O5. The van der Waals surface area contributed by atoms with Crippen molar-refractivity contribution in [3.05, 3.63) is 79.9 Å². The van der Waals surface area contributed by atoms with Crippen LogP contribution in [-0.2, 0) is 6.54 Å². The topological polar surface area (TPSA) is 115 Å². The smallest absolute Gasteiger partial charge is 0.335 e. The lowest BCUT2D eigenvalue weighted by atomic mass is 10.1. The van der Waals surface area contributed by atoms with Gasteiger partial charge in [-0.1, -0.05) is 0 Å². The van der Waals surface area contributed by atoms with Crippen LogP contribution in [0.2, 0.25) is 0 Å². The molecule has 0 saturated heterocycles. The summed E-state index contributed by atoms with van der Waals surface area (Å²) in [6.45, 7) is 0.483. The Bertz CT molecular complexity index is 1190. The number of nitro groups is 1. The number of carbonyl (C=O) groups is 1. The predicted molar refractivity (Wildman–Crippen MR) is 98.5 cm³/mol. The molecule has 0 spiro atoms. The number of non-ortho nitro benzene ring substituents is 1. The summed E-state index contributed by atoms with van der Waals surface area (Å²) in [5.74, 6) is -0.589. The molecule has 1 N–H and O–H groups in total. The largest absolute Gasteiger partial charge is 0.478 e. The number of aromatic nitrogens is 2. The van der Waals surface area contributed by atoms with Crippen molar-refractivity contribution in [1.29, 1.82) is 0 Å². The number of aromatic carboxylic acids is 1. The first-order valence-corrected chi connectivity index (χ1v) is 8.17. The zero-order chi connectivity index (χ0) is 19.1.